The summed E-state index contributed by atoms with van der Waals surface area (Å²) in [7, 11) is 0. The van der Waals surface area contributed by atoms with Gasteiger partial charge >= 0.3 is 5.97 Å². The molecular weight excluding hydrogens is 154 g/mol. The van der Waals surface area contributed by atoms with E-state index in [1.54, 1.807) is 0 Å². The molecule has 3 heteroatoms. The standard InChI is InChI=1S/C9H19NO2/c1-4-10(5-2)7-8(3)6-9(11)12/h8H,4-7H2,1-3H3,(H,11,12). The van der Waals surface area contributed by atoms with Gasteiger partial charge in [-0.1, -0.05) is 20.8 Å². The fraction of sp³-hybridized carbons (Fsp3) is 0.889. The van der Waals surface area contributed by atoms with Gasteiger partial charge in [0.2, 0.25) is 0 Å². The Bertz CT molecular complexity index is 132. The lowest BCUT2D eigenvalue weighted by Crippen LogP contribution is -2.29. The number of nitrogens with zero attached hydrogens (tertiary/aromatic N) is 1. The van der Waals surface area contributed by atoms with Gasteiger partial charge in [0.25, 0.3) is 0 Å². The monoisotopic (exact) mass is 173 g/mol. The summed E-state index contributed by atoms with van der Waals surface area (Å²) in [5.41, 5.74) is 0. The molecule has 12 heavy (non-hydrogen) atoms. The molecule has 1 unspecified atom stereocenters. The second-order valence-corrected chi connectivity index (χ2v) is 3.19. The molecule has 3 nitrogen and oxygen atoms in total. The summed E-state index contributed by atoms with van der Waals surface area (Å²) in [5.74, 6) is -0.447. The molecule has 0 radical (unpaired) electrons. The molecule has 0 aromatic rings. The molecule has 0 aliphatic carbocycles. The zero-order chi connectivity index (χ0) is 9.56. The maximum atomic E-state index is 10.3. The molecule has 0 saturated heterocycles. The third-order valence-corrected chi connectivity index (χ3v) is 1.99. The molecule has 0 heterocycles. The number of carboxylic acid groups (broad SMARTS) is 1. The summed E-state index contributed by atoms with van der Waals surface area (Å²) < 4.78 is 0. The van der Waals surface area contributed by atoms with Crippen LogP contribution in [-0.2, 0) is 4.79 Å². The lowest BCUT2D eigenvalue weighted by atomic mass is 10.1. The van der Waals surface area contributed by atoms with Crippen molar-refractivity contribution in [3.05, 3.63) is 0 Å². The van der Waals surface area contributed by atoms with Crippen molar-refractivity contribution in [1.82, 2.24) is 4.90 Å². The smallest absolute Gasteiger partial charge is 0.303 e. The van der Waals surface area contributed by atoms with Gasteiger partial charge in [-0.15, -0.1) is 0 Å². The molecule has 0 aromatic carbocycles. The van der Waals surface area contributed by atoms with Crippen LogP contribution in [0.1, 0.15) is 27.2 Å². The predicted molar refractivity (Wildman–Crippen MR) is 49.2 cm³/mol. The highest BCUT2D eigenvalue weighted by Gasteiger charge is 2.10. The second kappa shape index (κ2) is 6.00. The Hall–Kier alpha value is -0.570. The van der Waals surface area contributed by atoms with Crippen LogP contribution >= 0.6 is 0 Å². The van der Waals surface area contributed by atoms with Crippen LogP contribution in [0.3, 0.4) is 0 Å². The highest BCUT2D eigenvalue weighted by Crippen LogP contribution is 2.04. The van der Waals surface area contributed by atoms with Crippen LogP contribution in [-0.4, -0.2) is 35.6 Å². The zero-order valence-electron chi connectivity index (χ0n) is 8.21. The maximum absolute atomic E-state index is 10.3. The van der Waals surface area contributed by atoms with Crippen LogP contribution in [0.5, 0.6) is 0 Å². The minimum atomic E-state index is -0.699. The maximum Gasteiger partial charge on any atom is 0.303 e. The summed E-state index contributed by atoms with van der Waals surface area (Å²) >= 11 is 0. The van der Waals surface area contributed by atoms with E-state index in [1.807, 2.05) is 6.92 Å². The molecule has 72 valence electrons. The fourth-order valence-corrected chi connectivity index (χ4v) is 1.29. The van der Waals surface area contributed by atoms with Crippen molar-refractivity contribution in [1.29, 1.82) is 0 Å². The summed E-state index contributed by atoms with van der Waals surface area (Å²) in [5, 5.41) is 8.52. The molecule has 0 spiro atoms. The van der Waals surface area contributed by atoms with E-state index in [4.69, 9.17) is 5.11 Å². The topological polar surface area (TPSA) is 40.5 Å². The Morgan fingerprint density at radius 3 is 2.25 bits per heavy atom. The molecule has 0 bridgehead atoms. The highest BCUT2D eigenvalue weighted by molar-refractivity contribution is 5.66. The van der Waals surface area contributed by atoms with Crippen molar-refractivity contribution in [3.63, 3.8) is 0 Å². The summed E-state index contributed by atoms with van der Waals surface area (Å²) in [4.78, 5) is 12.6. The third-order valence-electron chi connectivity index (χ3n) is 1.99. The Labute approximate surface area is 74.4 Å². The van der Waals surface area contributed by atoms with E-state index in [2.05, 4.69) is 18.7 Å². The first-order valence-corrected chi connectivity index (χ1v) is 4.54. The van der Waals surface area contributed by atoms with Gasteiger partial charge in [0.05, 0.1) is 0 Å². The van der Waals surface area contributed by atoms with Crippen molar-refractivity contribution in [2.75, 3.05) is 19.6 Å². The molecule has 1 N–H and O–H groups in total. The van der Waals surface area contributed by atoms with E-state index in [-0.39, 0.29) is 12.3 Å². The van der Waals surface area contributed by atoms with E-state index in [0.29, 0.717) is 0 Å². The molecule has 0 saturated carbocycles. The molecule has 0 fully saturated rings. The number of hydrogen-bond donors (Lipinski definition) is 1. The van der Waals surface area contributed by atoms with E-state index in [0.717, 1.165) is 19.6 Å². The van der Waals surface area contributed by atoms with Crippen LogP contribution in [0.25, 0.3) is 0 Å². The summed E-state index contributed by atoms with van der Waals surface area (Å²) in [6, 6.07) is 0. The minimum absolute atomic E-state index is 0.252. The van der Waals surface area contributed by atoms with Crippen LogP contribution in [0.15, 0.2) is 0 Å². The molecule has 1 atom stereocenters. The lowest BCUT2D eigenvalue weighted by molar-refractivity contribution is -0.138. The molecule has 0 aliphatic rings. The Kier molecular flexibility index (Phi) is 5.72. The van der Waals surface area contributed by atoms with Crippen molar-refractivity contribution in [2.24, 2.45) is 5.92 Å². The van der Waals surface area contributed by atoms with E-state index >= 15 is 0 Å². The van der Waals surface area contributed by atoms with Gasteiger partial charge in [-0.25, -0.2) is 0 Å². The van der Waals surface area contributed by atoms with Gasteiger partial charge in [0.15, 0.2) is 0 Å². The van der Waals surface area contributed by atoms with Crippen molar-refractivity contribution >= 4 is 5.97 Å². The SMILES string of the molecule is CCN(CC)CC(C)CC(=O)O. The van der Waals surface area contributed by atoms with Gasteiger partial charge in [0, 0.05) is 13.0 Å². The van der Waals surface area contributed by atoms with Crippen molar-refractivity contribution in [2.45, 2.75) is 27.2 Å². The second-order valence-electron chi connectivity index (χ2n) is 3.19. The van der Waals surface area contributed by atoms with Gasteiger partial charge in [-0.2, -0.15) is 0 Å². The molecule has 0 aliphatic heterocycles. The van der Waals surface area contributed by atoms with Gasteiger partial charge in [0.1, 0.15) is 0 Å². The first-order valence-electron chi connectivity index (χ1n) is 4.54. The average molecular weight is 173 g/mol. The van der Waals surface area contributed by atoms with E-state index in [1.165, 1.54) is 0 Å². The average Bonchev–Trinajstić information content (AvgIpc) is 1.98. The fourth-order valence-electron chi connectivity index (χ4n) is 1.29. The van der Waals surface area contributed by atoms with Crippen LogP contribution < -0.4 is 0 Å². The third kappa shape index (κ3) is 5.13. The van der Waals surface area contributed by atoms with Crippen LogP contribution in [0, 0.1) is 5.92 Å². The Balaban J connectivity index is 3.65. The number of carbonyl (C=O) groups is 1. The van der Waals surface area contributed by atoms with Gasteiger partial charge in [-0.05, 0) is 19.0 Å². The predicted octanol–water partition coefficient (Wildman–Crippen LogP) is 1.44. The molecule has 0 amide bonds. The molecule has 0 aromatic heterocycles. The number of rotatable bonds is 6. The van der Waals surface area contributed by atoms with E-state index < -0.39 is 5.97 Å². The van der Waals surface area contributed by atoms with E-state index in [9.17, 15) is 4.79 Å². The first kappa shape index (κ1) is 11.4. The first-order chi connectivity index (χ1) is 5.60. The summed E-state index contributed by atoms with van der Waals surface area (Å²) in [6.07, 6.45) is 0.274. The Morgan fingerprint density at radius 2 is 1.92 bits per heavy atom. The number of carboxylic acids is 1. The van der Waals surface area contributed by atoms with Gasteiger partial charge in [-0.3, -0.25) is 4.79 Å². The lowest BCUT2D eigenvalue weighted by Gasteiger charge is -2.21. The van der Waals surface area contributed by atoms with Crippen LogP contribution in [0.2, 0.25) is 0 Å². The molecular formula is C9H19NO2. The van der Waals surface area contributed by atoms with Crippen molar-refractivity contribution < 1.29 is 9.90 Å². The molecule has 0 rings (SSSR count). The van der Waals surface area contributed by atoms with Crippen LogP contribution in [0.4, 0.5) is 0 Å². The summed E-state index contributed by atoms with van der Waals surface area (Å²) in [6.45, 7) is 9.06. The van der Waals surface area contributed by atoms with Gasteiger partial charge < -0.3 is 10.0 Å². The normalized spacial score (nSPS) is 13.3. The Morgan fingerprint density at radius 1 is 1.42 bits per heavy atom. The largest absolute Gasteiger partial charge is 0.481 e. The van der Waals surface area contributed by atoms with Crippen molar-refractivity contribution in [3.8, 4) is 0 Å². The number of hydrogen-bond acceptors (Lipinski definition) is 2. The zero-order valence-corrected chi connectivity index (χ0v) is 8.21. The quantitative estimate of drug-likeness (QED) is 0.660. The number of aliphatic carboxylic acids is 1. The minimum Gasteiger partial charge on any atom is -0.481 e. The highest BCUT2D eigenvalue weighted by atomic mass is 16.4.